The third-order valence-electron chi connectivity index (χ3n) is 6.55. The number of rotatable bonds is 4. The summed E-state index contributed by atoms with van der Waals surface area (Å²) in [5.41, 5.74) is 6.66. The Morgan fingerprint density at radius 1 is 1.19 bits per heavy atom. The highest BCUT2D eigenvalue weighted by molar-refractivity contribution is 7.89. The second kappa shape index (κ2) is 8.81. The van der Waals surface area contributed by atoms with Gasteiger partial charge in [-0.1, -0.05) is 18.8 Å². The monoisotopic (exact) mass is 445 g/mol. The van der Waals surface area contributed by atoms with E-state index in [2.05, 4.69) is 16.6 Å². The van der Waals surface area contributed by atoms with Gasteiger partial charge in [0.25, 0.3) is 0 Å². The van der Waals surface area contributed by atoms with Crippen molar-refractivity contribution in [2.24, 2.45) is 11.3 Å². The van der Waals surface area contributed by atoms with Crippen LogP contribution in [0, 0.1) is 23.2 Å². The summed E-state index contributed by atoms with van der Waals surface area (Å²) in [6, 6.07) is 4.53. The lowest BCUT2D eigenvalue weighted by molar-refractivity contribution is -0.147. The Balaban J connectivity index is 1.36. The maximum absolute atomic E-state index is 13.0. The molecule has 8 heteroatoms. The number of sulfonamides is 1. The quantitative estimate of drug-likeness (QED) is 0.546. The van der Waals surface area contributed by atoms with E-state index in [0.717, 1.165) is 12.8 Å². The van der Waals surface area contributed by atoms with Crippen LogP contribution in [0.5, 0.6) is 0 Å². The zero-order valence-electron chi connectivity index (χ0n) is 18.0. The molecule has 3 aliphatic rings. The van der Waals surface area contributed by atoms with Gasteiger partial charge in [0.1, 0.15) is 0 Å². The van der Waals surface area contributed by atoms with E-state index >= 15 is 0 Å². The molecule has 4 rings (SSSR count). The molecule has 3 N–H and O–H groups in total. The number of amides is 1. The first-order chi connectivity index (χ1) is 14.8. The Morgan fingerprint density at radius 3 is 2.48 bits per heavy atom. The fourth-order valence-electron chi connectivity index (χ4n) is 4.25. The van der Waals surface area contributed by atoms with E-state index in [4.69, 9.17) is 10.5 Å². The van der Waals surface area contributed by atoms with Crippen LogP contribution >= 0.6 is 0 Å². The van der Waals surface area contributed by atoms with E-state index in [1.54, 1.807) is 12.1 Å². The van der Waals surface area contributed by atoms with Crippen molar-refractivity contribution in [2.45, 2.75) is 56.4 Å². The number of hydrogen-bond donors (Lipinski definition) is 2. The normalized spacial score (nSPS) is 26.7. The molecular weight excluding hydrogens is 414 g/mol. The third-order valence-corrected chi connectivity index (χ3v) is 8.07. The average Bonchev–Trinajstić information content (AvgIpc) is 3.59. The third kappa shape index (κ3) is 5.22. The van der Waals surface area contributed by atoms with Crippen LogP contribution in [0.15, 0.2) is 23.1 Å². The molecule has 2 saturated carbocycles. The smallest absolute Gasteiger partial charge is 0.240 e. The molecule has 1 amide bonds. The van der Waals surface area contributed by atoms with E-state index in [1.165, 1.54) is 6.07 Å². The predicted molar refractivity (Wildman–Crippen MR) is 119 cm³/mol. The lowest BCUT2D eigenvalue weighted by Crippen LogP contribution is -2.50. The average molecular weight is 446 g/mol. The molecule has 168 valence electrons. The Hall–Kier alpha value is -2.08. The highest BCUT2D eigenvalue weighted by atomic mass is 32.2. The summed E-state index contributed by atoms with van der Waals surface area (Å²) in [7, 11) is -3.69. The van der Waals surface area contributed by atoms with Crippen LogP contribution in [0.25, 0.3) is 0 Å². The molecule has 0 radical (unpaired) electrons. The van der Waals surface area contributed by atoms with Gasteiger partial charge < -0.3 is 15.4 Å². The first-order valence-electron chi connectivity index (χ1n) is 11.1. The Bertz CT molecular complexity index is 993. The van der Waals surface area contributed by atoms with Gasteiger partial charge in [-0.3, -0.25) is 4.79 Å². The molecule has 0 bridgehead atoms. The number of nitrogens with one attached hydrogen (secondary N) is 1. The van der Waals surface area contributed by atoms with Crippen LogP contribution in [0.4, 0.5) is 5.69 Å². The van der Waals surface area contributed by atoms with Crippen LogP contribution in [-0.4, -0.2) is 51.6 Å². The number of morpholine rings is 1. The van der Waals surface area contributed by atoms with Gasteiger partial charge in [0.2, 0.25) is 15.9 Å². The van der Waals surface area contributed by atoms with Gasteiger partial charge in [-0.15, -0.1) is 0 Å². The molecule has 0 unspecified atom stereocenters. The Kier molecular flexibility index (Phi) is 6.29. The van der Waals surface area contributed by atoms with Crippen molar-refractivity contribution in [1.29, 1.82) is 0 Å². The van der Waals surface area contributed by atoms with Crippen molar-refractivity contribution in [3.8, 4) is 11.8 Å². The minimum Gasteiger partial charge on any atom is -0.398 e. The summed E-state index contributed by atoms with van der Waals surface area (Å²) >= 11 is 0. The fourth-order valence-corrected chi connectivity index (χ4v) is 5.59. The zero-order chi connectivity index (χ0) is 22.1. The molecule has 1 heterocycles. The van der Waals surface area contributed by atoms with Crippen LogP contribution in [-0.2, 0) is 19.6 Å². The number of nitrogens with two attached hydrogens (primary N) is 1. The number of benzene rings is 1. The molecule has 1 aliphatic heterocycles. The van der Waals surface area contributed by atoms with Gasteiger partial charge in [-0.25, -0.2) is 13.1 Å². The lowest BCUT2D eigenvalue weighted by atomic mass is 9.73. The summed E-state index contributed by atoms with van der Waals surface area (Å²) in [6.45, 7) is 4.42. The second-order valence-electron chi connectivity index (χ2n) is 9.15. The van der Waals surface area contributed by atoms with Crippen molar-refractivity contribution in [3.63, 3.8) is 0 Å². The number of nitrogen functional groups attached to an aromatic ring is 1. The van der Waals surface area contributed by atoms with E-state index < -0.39 is 15.4 Å². The maximum Gasteiger partial charge on any atom is 0.240 e. The van der Waals surface area contributed by atoms with Crippen molar-refractivity contribution in [2.75, 3.05) is 32.0 Å². The summed E-state index contributed by atoms with van der Waals surface area (Å²) in [5, 5.41) is 0. The molecule has 7 nitrogen and oxygen atoms in total. The highest BCUT2D eigenvalue weighted by Crippen LogP contribution is 2.38. The number of nitrogens with zero attached hydrogens (tertiary/aromatic N) is 1. The summed E-state index contributed by atoms with van der Waals surface area (Å²) < 4.78 is 33.9. The Morgan fingerprint density at radius 2 is 1.87 bits per heavy atom. The molecule has 0 aromatic heterocycles. The zero-order valence-corrected chi connectivity index (χ0v) is 18.8. The van der Waals surface area contributed by atoms with Crippen LogP contribution in [0.3, 0.4) is 0 Å². The fraction of sp³-hybridized carbons (Fsp3) is 0.609. The van der Waals surface area contributed by atoms with Gasteiger partial charge in [-0.2, -0.15) is 0 Å². The molecule has 0 atom stereocenters. The van der Waals surface area contributed by atoms with E-state index in [0.29, 0.717) is 69.2 Å². The number of carbonyl (C=O) groups is 1. The summed E-state index contributed by atoms with van der Waals surface area (Å²) in [6.07, 6.45) is 4.84. The first kappa shape index (κ1) is 22.1. The molecule has 2 aliphatic carbocycles. The van der Waals surface area contributed by atoms with Crippen molar-refractivity contribution in [1.82, 2.24) is 9.62 Å². The minimum absolute atomic E-state index is 0.153. The number of anilines is 1. The number of carbonyl (C=O) groups excluding carboxylic acids is 1. The van der Waals surface area contributed by atoms with Gasteiger partial charge in [-0.05, 0) is 56.7 Å². The van der Waals surface area contributed by atoms with Gasteiger partial charge in [0.05, 0.1) is 18.1 Å². The van der Waals surface area contributed by atoms with Gasteiger partial charge in [0.15, 0.2) is 0 Å². The molecule has 1 saturated heterocycles. The molecule has 0 spiro atoms. The molecule has 1 aromatic carbocycles. The van der Waals surface area contributed by atoms with Crippen molar-refractivity contribution < 1.29 is 17.9 Å². The maximum atomic E-state index is 13.0. The van der Waals surface area contributed by atoms with Crippen LogP contribution < -0.4 is 10.5 Å². The molecule has 31 heavy (non-hydrogen) atoms. The summed E-state index contributed by atoms with van der Waals surface area (Å²) in [4.78, 5) is 15.0. The molecule has 1 aromatic rings. The number of ether oxygens (including phenoxy) is 1. The summed E-state index contributed by atoms with van der Waals surface area (Å²) in [5.74, 6) is 6.81. The predicted octanol–water partition coefficient (Wildman–Crippen LogP) is 2.12. The van der Waals surface area contributed by atoms with Gasteiger partial charge >= 0.3 is 0 Å². The van der Waals surface area contributed by atoms with E-state index in [1.807, 2.05) is 11.8 Å². The molecular formula is C23H31N3O4S. The SMILES string of the molecule is CC1(C(=O)N2CCOCC2)CCC(NS(=O)(=O)c2ccc(C#CC3CC3)c(N)c2)CC1. The van der Waals surface area contributed by atoms with E-state index in [-0.39, 0.29) is 16.8 Å². The van der Waals surface area contributed by atoms with Crippen LogP contribution in [0.1, 0.15) is 51.0 Å². The topological polar surface area (TPSA) is 102 Å². The standard InChI is InChI=1S/C23H31N3O4S/c1-23(22(27)26-12-14-30-15-13-26)10-8-19(9-11-23)25-31(28,29)20-7-6-18(21(24)16-20)5-4-17-2-3-17/h6-7,16-17,19,25H,2-3,8-15,24H2,1H3. The number of hydrogen-bond acceptors (Lipinski definition) is 5. The first-order valence-corrected chi connectivity index (χ1v) is 12.6. The largest absolute Gasteiger partial charge is 0.398 e. The van der Waals surface area contributed by atoms with Crippen molar-refractivity contribution >= 4 is 21.6 Å². The second-order valence-corrected chi connectivity index (χ2v) is 10.9. The lowest BCUT2D eigenvalue weighted by Gasteiger charge is -2.40. The van der Waals surface area contributed by atoms with Gasteiger partial charge in [0, 0.05) is 41.7 Å². The minimum atomic E-state index is -3.69. The van der Waals surface area contributed by atoms with Crippen molar-refractivity contribution in [3.05, 3.63) is 23.8 Å². The van der Waals surface area contributed by atoms with Crippen LogP contribution in [0.2, 0.25) is 0 Å². The van der Waals surface area contributed by atoms with E-state index in [9.17, 15) is 13.2 Å². The molecule has 3 fully saturated rings. The Labute approximate surface area is 184 Å². The highest BCUT2D eigenvalue weighted by Gasteiger charge is 2.41.